The van der Waals surface area contributed by atoms with Crippen molar-refractivity contribution in [2.45, 2.75) is 6.42 Å². The van der Waals surface area contributed by atoms with Crippen molar-refractivity contribution in [1.29, 1.82) is 0 Å². The number of likely N-dealkylation sites (N-methyl/N-ethyl adjacent to an activating group) is 1. The van der Waals surface area contributed by atoms with Gasteiger partial charge in [0.15, 0.2) is 0 Å². The molecule has 1 saturated heterocycles. The zero-order valence-electron chi connectivity index (χ0n) is 8.63. The summed E-state index contributed by atoms with van der Waals surface area (Å²) < 4.78 is 0. The first kappa shape index (κ1) is 10.5. The molecule has 1 heterocycles. The summed E-state index contributed by atoms with van der Waals surface area (Å²) >= 11 is 0. The van der Waals surface area contributed by atoms with Gasteiger partial charge in [0.05, 0.1) is 0 Å². The summed E-state index contributed by atoms with van der Waals surface area (Å²) in [5.41, 5.74) is 1.15. The maximum atomic E-state index is 3.92. The first-order valence-corrected chi connectivity index (χ1v) is 4.93. The second kappa shape index (κ2) is 5.20. The molecule has 1 aliphatic heterocycles. The fraction of sp³-hybridized carbons (Fsp3) is 0.636. The van der Waals surface area contributed by atoms with Crippen molar-refractivity contribution < 1.29 is 0 Å². The van der Waals surface area contributed by atoms with Crippen LogP contribution >= 0.6 is 0 Å². The Bertz CT molecular complexity index is 179. The van der Waals surface area contributed by atoms with Crippen LogP contribution in [-0.2, 0) is 0 Å². The van der Waals surface area contributed by atoms with Gasteiger partial charge < -0.3 is 9.80 Å². The van der Waals surface area contributed by atoms with Crippen LogP contribution in [0.15, 0.2) is 24.8 Å². The van der Waals surface area contributed by atoms with Gasteiger partial charge in [-0.15, -0.1) is 0 Å². The van der Waals surface area contributed by atoms with Crippen molar-refractivity contribution >= 4 is 0 Å². The minimum atomic E-state index is 1.06. The van der Waals surface area contributed by atoms with Crippen LogP contribution in [0.4, 0.5) is 0 Å². The predicted octanol–water partition coefficient (Wildman–Crippen LogP) is 1.37. The molecule has 0 amide bonds. The molecule has 2 heteroatoms. The standard InChI is InChI=1S/C11H20N2/c1-4-11(2)5-6-13-9-7-12(3)8-10-13/h4H,1-2,5-10H2,3H3. The molecule has 13 heavy (non-hydrogen) atoms. The van der Waals surface area contributed by atoms with Gasteiger partial charge in [-0.2, -0.15) is 0 Å². The number of hydrogen-bond acceptors (Lipinski definition) is 2. The number of hydrogen-bond donors (Lipinski definition) is 0. The average Bonchev–Trinajstić information content (AvgIpc) is 2.16. The molecule has 2 nitrogen and oxygen atoms in total. The van der Waals surface area contributed by atoms with Crippen LogP contribution in [0.5, 0.6) is 0 Å². The molecule has 74 valence electrons. The van der Waals surface area contributed by atoms with Gasteiger partial charge in [0.25, 0.3) is 0 Å². The summed E-state index contributed by atoms with van der Waals surface area (Å²) in [7, 11) is 2.18. The molecule has 0 radical (unpaired) electrons. The van der Waals surface area contributed by atoms with Gasteiger partial charge in [-0.05, 0) is 13.5 Å². The van der Waals surface area contributed by atoms with E-state index in [1.165, 1.54) is 26.2 Å². The molecular weight excluding hydrogens is 160 g/mol. The molecule has 1 fully saturated rings. The lowest BCUT2D eigenvalue weighted by Crippen LogP contribution is -2.44. The fourth-order valence-corrected chi connectivity index (χ4v) is 1.48. The third-order valence-electron chi connectivity index (χ3n) is 2.63. The first-order chi connectivity index (χ1) is 6.22. The van der Waals surface area contributed by atoms with Crippen molar-refractivity contribution in [3.8, 4) is 0 Å². The largest absolute Gasteiger partial charge is 0.304 e. The second-order valence-corrected chi connectivity index (χ2v) is 3.76. The Labute approximate surface area is 81.5 Å². The summed E-state index contributed by atoms with van der Waals surface area (Å²) in [6.45, 7) is 13.5. The smallest absolute Gasteiger partial charge is 0.0110 e. The Morgan fingerprint density at radius 2 is 1.92 bits per heavy atom. The first-order valence-electron chi connectivity index (χ1n) is 4.93. The van der Waals surface area contributed by atoms with Gasteiger partial charge in [-0.25, -0.2) is 0 Å². The van der Waals surface area contributed by atoms with Crippen LogP contribution in [0.2, 0.25) is 0 Å². The van der Waals surface area contributed by atoms with Crippen molar-refractivity contribution in [2.75, 3.05) is 39.8 Å². The third kappa shape index (κ3) is 3.75. The van der Waals surface area contributed by atoms with Crippen LogP contribution < -0.4 is 0 Å². The number of rotatable bonds is 4. The van der Waals surface area contributed by atoms with Crippen LogP contribution in [0.25, 0.3) is 0 Å². The van der Waals surface area contributed by atoms with E-state index >= 15 is 0 Å². The maximum absolute atomic E-state index is 3.92. The highest BCUT2D eigenvalue weighted by atomic mass is 15.2. The quantitative estimate of drug-likeness (QED) is 0.603. The lowest BCUT2D eigenvalue weighted by Gasteiger charge is -2.32. The van der Waals surface area contributed by atoms with Gasteiger partial charge in [0, 0.05) is 32.7 Å². The van der Waals surface area contributed by atoms with E-state index in [-0.39, 0.29) is 0 Å². The summed E-state index contributed by atoms with van der Waals surface area (Å²) in [4.78, 5) is 4.87. The molecular formula is C11H20N2. The van der Waals surface area contributed by atoms with E-state index in [1.54, 1.807) is 0 Å². The number of nitrogens with zero attached hydrogens (tertiary/aromatic N) is 2. The zero-order chi connectivity index (χ0) is 9.68. The third-order valence-corrected chi connectivity index (χ3v) is 2.63. The van der Waals surface area contributed by atoms with E-state index in [9.17, 15) is 0 Å². The Hall–Kier alpha value is -0.600. The minimum absolute atomic E-state index is 1.06. The zero-order valence-corrected chi connectivity index (χ0v) is 8.63. The molecule has 1 rings (SSSR count). The molecule has 0 atom stereocenters. The van der Waals surface area contributed by atoms with E-state index in [0.717, 1.165) is 18.5 Å². The molecule has 0 aromatic heterocycles. The fourth-order valence-electron chi connectivity index (χ4n) is 1.48. The highest BCUT2D eigenvalue weighted by Crippen LogP contribution is 2.04. The van der Waals surface area contributed by atoms with Crippen LogP contribution in [-0.4, -0.2) is 49.6 Å². The molecule has 0 aromatic carbocycles. The van der Waals surface area contributed by atoms with Crippen LogP contribution in [0.3, 0.4) is 0 Å². The molecule has 0 saturated carbocycles. The van der Waals surface area contributed by atoms with E-state index in [2.05, 4.69) is 30.0 Å². The Morgan fingerprint density at radius 3 is 2.46 bits per heavy atom. The predicted molar refractivity (Wildman–Crippen MR) is 57.9 cm³/mol. The van der Waals surface area contributed by atoms with Gasteiger partial charge in [0.2, 0.25) is 0 Å². The summed E-state index contributed by atoms with van der Waals surface area (Å²) in [5, 5.41) is 0. The molecule has 1 aliphatic rings. The normalized spacial score (nSPS) is 20.1. The summed E-state index contributed by atoms with van der Waals surface area (Å²) in [6, 6.07) is 0. The highest BCUT2D eigenvalue weighted by Gasteiger charge is 2.12. The van der Waals surface area contributed by atoms with Gasteiger partial charge >= 0.3 is 0 Å². The van der Waals surface area contributed by atoms with Crippen molar-refractivity contribution in [1.82, 2.24) is 9.80 Å². The minimum Gasteiger partial charge on any atom is -0.304 e. The summed E-state index contributed by atoms with van der Waals surface area (Å²) in [6.07, 6.45) is 2.92. The number of piperazine rings is 1. The second-order valence-electron chi connectivity index (χ2n) is 3.76. The monoisotopic (exact) mass is 180 g/mol. The molecule has 0 bridgehead atoms. The van der Waals surface area contributed by atoms with Crippen molar-refractivity contribution in [2.24, 2.45) is 0 Å². The van der Waals surface area contributed by atoms with Crippen LogP contribution in [0, 0.1) is 0 Å². The van der Waals surface area contributed by atoms with Crippen molar-refractivity contribution in [3.63, 3.8) is 0 Å². The molecule has 0 unspecified atom stereocenters. The maximum Gasteiger partial charge on any atom is 0.0110 e. The van der Waals surface area contributed by atoms with Crippen LogP contribution in [0.1, 0.15) is 6.42 Å². The Kier molecular flexibility index (Phi) is 4.19. The Balaban J connectivity index is 2.15. The van der Waals surface area contributed by atoms with E-state index in [4.69, 9.17) is 0 Å². The van der Waals surface area contributed by atoms with E-state index in [0.29, 0.717) is 0 Å². The summed E-state index contributed by atoms with van der Waals surface area (Å²) in [5.74, 6) is 0. The molecule has 0 N–H and O–H groups in total. The van der Waals surface area contributed by atoms with E-state index in [1.807, 2.05) is 6.08 Å². The Morgan fingerprint density at radius 1 is 1.31 bits per heavy atom. The van der Waals surface area contributed by atoms with Crippen molar-refractivity contribution in [3.05, 3.63) is 24.8 Å². The lowest BCUT2D eigenvalue weighted by molar-refractivity contribution is 0.156. The molecule has 0 aliphatic carbocycles. The van der Waals surface area contributed by atoms with E-state index < -0.39 is 0 Å². The topological polar surface area (TPSA) is 6.48 Å². The molecule has 0 spiro atoms. The molecule has 0 aromatic rings. The SMILES string of the molecule is C=CC(=C)CCN1CCN(C)CC1. The number of allylic oxidation sites excluding steroid dienone is 1. The van der Waals surface area contributed by atoms with Gasteiger partial charge in [-0.3, -0.25) is 0 Å². The highest BCUT2D eigenvalue weighted by molar-refractivity contribution is 5.10. The van der Waals surface area contributed by atoms with Gasteiger partial charge in [-0.1, -0.05) is 24.8 Å². The lowest BCUT2D eigenvalue weighted by atomic mass is 10.2. The average molecular weight is 180 g/mol. The van der Waals surface area contributed by atoms with Gasteiger partial charge in [0.1, 0.15) is 0 Å².